The van der Waals surface area contributed by atoms with E-state index >= 15 is 0 Å². The average Bonchev–Trinajstić information content (AvgIpc) is 3.25. The van der Waals surface area contributed by atoms with E-state index in [1.165, 1.54) is 0 Å². The zero-order chi connectivity index (χ0) is 23.5. The van der Waals surface area contributed by atoms with Gasteiger partial charge in [-0.25, -0.2) is 15.0 Å². The quantitative estimate of drug-likeness (QED) is 0.292. The van der Waals surface area contributed by atoms with Crippen LogP contribution in [0, 0.1) is 13.8 Å². The zero-order valence-corrected chi connectivity index (χ0v) is 18.7. The Balaban J connectivity index is 1.26. The molecule has 8 heteroatoms. The Labute approximate surface area is 196 Å². The topological polar surface area (TPSA) is 105 Å². The second-order valence-electron chi connectivity index (χ2n) is 7.83. The number of amides is 1. The van der Waals surface area contributed by atoms with Crippen LogP contribution in [0.1, 0.15) is 21.9 Å². The van der Waals surface area contributed by atoms with Crippen molar-refractivity contribution in [2.75, 3.05) is 16.0 Å². The molecule has 0 saturated heterocycles. The van der Waals surface area contributed by atoms with Crippen LogP contribution >= 0.6 is 0 Å². The number of pyridine rings is 1. The SMILES string of the molecule is Cc1ccnc(Nc2cc(Nc3ccc(NC(=O)c4cc5ccccc5o4)cc3)nc(C)n2)c1. The van der Waals surface area contributed by atoms with Gasteiger partial charge in [0, 0.05) is 29.0 Å². The molecule has 0 spiro atoms. The van der Waals surface area contributed by atoms with Gasteiger partial charge in [0.05, 0.1) is 0 Å². The van der Waals surface area contributed by atoms with Crippen molar-refractivity contribution in [3.8, 4) is 0 Å². The van der Waals surface area contributed by atoms with Crippen LogP contribution in [0.25, 0.3) is 11.0 Å². The lowest BCUT2D eigenvalue weighted by Gasteiger charge is -2.11. The van der Waals surface area contributed by atoms with Gasteiger partial charge in [-0.1, -0.05) is 18.2 Å². The van der Waals surface area contributed by atoms with E-state index in [1.54, 1.807) is 12.3 Å². The first kappa shape index (κ1) is 21.1. The molecule has 0 aliphatic heterocycles. The fourth-order valence-corrected chi connectivity index (χ4v) is 3.50. The summed E-state index contributed by atoms with van der Waals surface area (Å²) in [5, 5.41) is 10.2. The Morgan fingerprint density at radius 1 is 0.794 bits per heavy atom. The molecule has 168 valence electrons. The number of aromatic nitrogens is 3. The second-order valence-corrected chi connectivity index (χ2v) is 7.83. The molecule has 0 aliphatic carbocycles. The standard InChI is InChI=1S/C26H22N6O2/c1-16-11-12-27-23(13-16)32-25-15-24(28-17(2)29-25)30-19-7-9-20(10-8-19)31-26(33)22-14-18-5-3-4-6-21(18)34-22/h3-15H,1-2H3,(H,31,33)(H2,27,28,29,30,32). The van der Waals surface area contributed by atoms with Crippen LogP contribution in [0.15, 0.2) is 83.4 Å². The maximum absolute atomic E-state index is 12.6. The number of benzene rings is 2. The number of anilines is 5. The highest BCUT2D eigenvalue weighted by atomic mass is 16.3. The number of carbonyl (C=O) groups excluding carboxylic acids is 1. The molecule has 3 N–H and O–H groups in total. The Bertz CT molecular complexity index is 1440. The Morgan fingerprint density at radius 3 is 2.29 bits per heavy atom. The number of rotatable bonds is 6. The van der Waals surface area contributed by atoms with Crippen LogP contribution in [0.4, 0.5) is 28.8 Å². The number of carbonyl (C=O) groups is 1. The molecule has 3 aromatic heterocycles. The number of aryl methyl sites for hydroxylation is 2. The van der Waals surface area contributed by atoms with E-state index in [0.29, 0.717) is 34.5 Å². The summed E-state index contributed by atoms with van der Waals surface area (Å²) in [6.07, 6.45) is 1.75. The van der Waals surface area contributed by atoms with Crippen molar-refractivity contribution in [2.24, 2.45) is 0 Å². The first-order chi connectivity index (χ1) is 16.5. The molecule has 5 rings (SSSR count). The largest absolute Gasteiger partial charge is 0.451 e. The Morgan fingerprint density at radius 2 is 1.53 bits per heavy atom. The third-order valence-electron chi connectivity index (χ3n) is 5.07. The number of para-hydroxylation sites is 1. The minimum Gasteiger partial charge on any atom is -0.451 e. The molecule has 1 amide bonds. The Hall–Kier alpha value is -4.72. The van der Waals surface area contributed by atoms with Crippen LogP contribution in [-0.2, 0) is 0 Å². The molecule has 3 heterocycles. The molecule has 2 aromatic carbocycles. The molecule has 5 aromatic rings. The first-order valence-electron chi connectivity index (χ1n) is 10.7. The van der Waals surface area contributed by atoms with E-state index in [1.807, 2.05) is 80.6 Å². The predicted molar refractivity (Wildman–Crippen MR) is 133 cm³/mol. The minimum absolute atomic E-state index is 0.267. The summed E-state index contributed by atoms with van der Waals surface area (Å²) in [4.78, 5) is 25.8. The van der Waals surface area contributed by atoms with Crippen molar-refractivity contribution in [1.82, 2.24) is 15.0 Å². The van der Waals surface area contributed by atoms with Gasteiger partial charge < -0.3 is 20.4 Å². The lowest BCUT2D eigenvalue weighted by atomic mass is 10.2. The summed E-state index contributed by atoms with van der Waals surface area (Å²) < 4.78 is 5.63. The lowest BCUT2D eigenvalue weighted by Crippen LogP contribution is -2.10. The van der Waals surface area contributed by atoms with Crippen LogP contribution < -0.4 is 16.0 Å². The van der Waals surface area contributed by atoms with Gasteiger partial charge in [-0.15, -0.1) is 0 Å². The van der Waals surface area contributed by atoms with E-state index in [4.69, 9.17) is 4.42 Å². The maximum Gasteiger partial charge on any atom is 0.291 e. The van der Waals surface area contributed by atoms with Gasteiger partial charge in [-0.05, 0) is 67.9 Å². The highest BCUT2D eigenvalue weighted by Gasteiger charge is 2.12. The van der Waals surface area contributed by atoms with Crippen LogP contribution in [0.5, 0.6) is 0 Å². The van der Waals surface area contributed by atoms with Crippen molar-refractivity contribution in [1.29, 1.82) is 0 Å². The van der Waals surface area contributed by atoms with Crippen LogP contribution in [0.2, 0.25) is 0 Å². The molecule has 0 saturated carbocycles. The number of hydrogen-bond donors (Lipinski definition) is 3. The van der Waals surface area contributed by atoms with Gasteiger partial charge in [-0.2, -0.15) is 0 Å². The summed E-state index contributed by atoms with van der Waals surface area (Å²) in [5.41, 5.74) is 3.26. The first-order valence-corrected chi connectivity index (χ1v) is 10.7. The summed E-state index contributed by atoms with van der Waals surface area (Å²) >= 11 is 0. The van der Waals surface area contributed by atoms with Gasteiger partial charge in [-0.3, -0.25) is 4.79 Å². The number of nitrogens with one attached hydrogen (secondary N) is 3. The summed E-state index contributed by atoms with van der Waals surface area (Å²) in [5.74, 6) is 2.58. The lowest BCUT2D eigenvalue weighted by molar-refractivity contribution is 0.0998. The molecule has 0 unspecified atom stereocenters. The second kappa shape index (κ2) is 9.03. The van der Waals surface area contributed by atoms with E-state index in [0.717, 1.165) is 16.6 Å². The summed E-state index contributed by atoms with van der Waals surface area (Å²) in [6.45, 7) is 3.84. The zero-order valence-electron chi connectivity index (χ0n) is 18.7. The van der Waals surface area contributed by atoms with Crippen LogP contribution in [0.3, 0.4) is 0 Å². The number of nitrogens with zero attached hydrogens (tertiary/aromatic N) is 3. The fourth-order valence-electron chi connectivity index (χ4n) is 3.50. The average molecular weight is 451 g/mol. The molecular weight excluding hydrogens is 428 g/mol. The Kier molecular flexibility index (Phi) is 5.61. The van der Waals surface area contributed by atoms with Gasteiger partial charge in [0.25, 0.3) is 5.91 Å². The summed E-state index contributed by atoms with van der Waals surface area (Å²) in [7, 11) is 0. The molecule has 34 heavy (non-hydrogen) atoms. The number of fused-ring (bicyclic) bond motifs is 1. The van der Waals surface area contributed by atoms with E-state index in [2.05, 4.69) is 30.9 Å². The smallest absolute Gasteiger partial charge is 0.291 e. The van der Waals surface area contributed by atoms with Crippen molar-refractivity contribution in [3.05, 3.63) is 96.1 Å². The maximum atomic E-state index is 12.6. The molecule has 8 nitrogen and oxygen atoms in total. The van der Waals surface area contributed by atoms with Crippen molar-refractivity contribution >= 4 is 45.7 Å². The van der Waals surface area contributed by atoms with Gasteiger partial charge in [0.15, 0.2) is 5.76 Å². The predicted octanol–water partition coefficient (Wildman–Crippen LogP) is 5.97. The van der Waals surface area contributed by atoms with Gasteiger partial charge in [0.2, 0.25) is 0 Å². The highest BCUT2D eigenvalue weighted by molar-refractivity contribution is 6.04. The minimum atomic E-state index is -0.302. The number of hydrogen-bond acceptors (Lipinski definition) is 7. The van der Waals surface area contributed by atoms with E-state index in [-0.39, 0.29) is 11.7 Å². The molecular formula is C26H22N6O2. The highest BCUT2D eigenvalue weighted by Crippen LogP contribution is 2.23. The third-order valence-corrected chi connectivity index (χ3v) is 5.07. The molecule has 0 aliphatic rings. The monoisotopic (exact) mass is 450 g/mol. The van der Waals surface area contributed by atoms with Crippen LogP contribution in [-0.4, -0.2) is 20.9 Å². The van der Waals surface area contributed by atoms with E-state index in [9.17, 15) is 4.79 Å². The molecule has 0 radical (unpaired) electrons. The normalized spacial score (nSPS) is 10.8. The number of furan rings is 1. The molecule has 0 fully saturated rings. The third kappa shape index (κ3) is 4.86. The summed E-state index contributed by atoms with van der Waals surface area (Å²) in [6, 6.07) is 22.3. The fraction of sp³-hybridized carbons (Fsp3) is 0.0769. The van der Waals surface area contributed by atoms with Crippen molar-refractivity contribution in [2.45, 2.75) is 13.8 Å². The van der Waals surface area contributed by atoms with E-state index < -0.39 is 0 Å². The molecule has 0 atom stereocenters. The molecule has 0 bridgehead atoms. The van der Waals surface area contributed by atoms with Crippen molar-refractivity contribution in [3.63, 3.8) is 0 Å². The van der Waals surface area contributed by atoms with Crippen molar-refractivity contribution < 1.29 is 9.21 Å². The van der Waals surface area contributed by atoms with Gasteiger partial charge in [0.1, 0.15) is 28.9 Å². The van der Waals surface area contributed by atoms with Gasteiger partial charge >= 0.3 is 0 Å².